The molecule has 4 saturated carbocycles. The molecular weight excluding hydrogens is 398 g/mol. The van der Waals surface area contributed by atoms with Crippen LogP contribution in [0.3, 0.4) is 0 Å². The molecule has 0 saturated heterocycles. The fourth-order valence-electron chi connectivity index (χ4n) is 4.14. The Morgan fingerprint density at radius 2 is 0.720 bits per heavy atom. The molecule has 4 aliphatic carbocycles. The molecule has 0 nitrogen and oxygen atoms in total. The first kappa shape index (κ1) is 18.8. The van der Waals surface area contributed by atoms with Crippen LogP contribution in [0.2, 0.25) is 0 Å². The Balaban J connectivity index is 2.64. The molecule has 0 aromatic heterocycles. The van der Waals surface area contributed by atoms with E-state index < -0.39 is 65.1 Å². The Labute approximate surface area is 128 Å². The Hall–Kier alpha value is -0.980. The normalized spacial score (nSPS) is 52.2. The van der Waals surface area contributed by atoms with Crippen molar-refractivity contribution >= 4 is 0 Å². The Morgan fingerprint density at radius 1 is 0.440 bits per heavy atom. The molecule has 4 fully saturated rings. The second kappa shape index (κ2) is 3.56. The summed E-state index contributed by atoms with van der Waals surface area (Å²) in [5.74, 6) is -47.3. The molecule has 0 aromatic rings. The van der Waals surface area contributed by atoms with E-state index in [1.807, 2.05) is 0 Å². The molecule has 25 heavy (non-hydrogen) atoms. The van der Waals surface area contributed by atoms with Crippen LogP contribution < -0.4 is 0 Å². The fourth-order valence-corrected chi connectivity index (χ4v) is 4.14. The van der Waals surface area contributed by atoms with Gasteiger partial charge in [0.15, 0.2) is 11.3 Å². The van der Waals surface area contributed by atoms with E-state index in [0.717, 1.165) is 0 Å². The molecule has 0 radical (unpaired) electrons. The Kier molecular flexibility index (Phi) is 2.67. The standard InChI is InChI=1S/C11H4F14/c1-3-4(12,13)2-5(14,15)7(18,9(3,20)21)11(24,25)8(19,6(2,16)17)10(3,22)23/h2H,1H3. The highest BCUT2D eigenvalue weighted by Gasteiger charge is 3.17. The summed E-state index contributed by atoms with van der Waals surface area (Å²) < 4.78 is 195. The molecule has 0 aliphatic heterocycles. The van der Waals surface area contributed by atoms with Gasteiger partial charge in [0, 0.05) is 0 Å². The highest BCUT2D eigenvalue weighted by Crippen LogP contribution is 2.88. The summed E-state index contributed by atoms with van der Waals surface area (Å²) in [7, 11) is 0. The molecule has 4 aliphatic rings. The van der Waals surface area contributed by atoms with Crippen LogP contribution in [0.25, 0.3) is 0 Å². The average Bonchev–Trinajstić information content (AvgIpc) is 2.38. The molecule has 0 amide bonds. The first-order valence-corrected chi connectivity index (χ1v) is 6.26. The summed E-state index contributed by atoms with van der Waals surface area (Å²) in [5, 5.41) is 0. The second-order valence-corrected chi connectivity index (χ2v) is 6.47. The monoisotopic (exact) mass is 402 g/mol. The van der Waals surface area contributed by atoms with Crippen molar-refractivity contribution in [2.75, 3.05) is 0 Å². The molecule has 2 atom stereocenters. The third kappa shape index (κ3) is 1.06. The van der Waals surface area contributed by atoms with Crippen LogP contribution in [0.1, 0.15) is 6.92 Å². The lowest BCUT2D eigenvalue weighted by molar-refractivity contribution is -0.591. The molecule has 0 aromatic carbocycles. The van der Waals surface area contributed by atoms with Crippen LogP contribution in [-0.2, 0) is 0 Å². The van der Waals surface area contributed by atoms with Crippen LogP contribution in [0, 0.1) is 11.3 Å². The lowest BCUT2D eigenvalue weighted by Crippen LogP contribution is -3.02. The topological polar surface area (TPSA) is 0 Å². The number of halogens is 14. The predicted octanol–water partition coefficient (Wildman–Crippen LogP) is 4.88. The minimum absolute atomic E-state index is 1.07. The van der Waals surface area contributed by atoms with Crippen molar-refractivity contribution in [1.82, 2.24) is 0 Å². The summed E-state index contributed by atoms with van der Waals surface area (Å²) in [6.45, 7) is -1.07. The number of hydrogen-bond acceptors (Lipinski definition) is 0. The third-order valence-electron chi connectivity index (χ3n) is 5.66. The van der Waals surface area contributed by atoms with Crippen molar-refractivity contribution in [3.8, 4) is 0 Å². The molecular formula is C11H4F14. The van der Waals surface area contributed by atoms with E-state index in [1.165, 1.54) is 0 Å². The SMILES string of the molecule is CC12C(F)(F)C3C(F)(F)C(F)(C1(F)F)C(F)(F)C(F)(C3(F)F)C2(F)F. The number of hydrogen-bond donors (Lipinski definition) is 0. The Morgan fingerprint density at radius 3 is 1.00 bits per heavy atom. The zero-order chi connectivity index (χ0) is 20.1. The first-order chi connectivity index (χ1) is 10.6. The van der Waals surface area contributed by atoms with Gasteiger partial charge < -0.3 is 0 Å². The maximum absolute atomic E-state index is 14.2. The van der Waals surface area contributed by atoms with Crippen molar-refractivity contribution in [3.05, 3.63) is 0 Å². The predicted molar refractivity (Wildman–Crippen MR) is 49.0 cm³/mol. The van der Waals surface area contributed by atoms with Gasteiger partial charge in [-0.25, -0.2) is 52.7 Å². The molecule has 146 valence electrons. The smallest absolute Gasteiger partial charge is 0.223 e. The van der Waals surface area contributed by atoms with Crippen LogP contribution in [0.4, 0.5) is 61.5 Å². The second-order valence-electron chi connectivity index (χ2n) is 6.47. The molecule has 4 rings (SSSR count). The summed E-state index contributed by atoms with van der Waals surface area (Å²) in [6.07, 6.45) is 0. The highest BCUT2D eigenvalue weighted by molar-refractivity contribution is 5.47. The van der Waals surface area contributed by atoms with Gasteiger partial charge in [-0.2, -0.15) is 8.78 Å². The minimum Gasteiger partial charge on any atom is -0.223 e. The van der Waals surface area contributed by atoms with Crippen molar-refractivity contribution < 1.29 is 61.5 Å². The zero-order valence-corrected chi connectivity index (χ0v) is 11.4. The van der Waals surface area contributed by atoms with Gasteiger partial charge in [-0.3, -0.25) is 0 Å². The van der Waals surface area contributed by atoms with Gasteiger partial charge in [0.05, 0.1) is 0 Å². The van der Waals surface area contributed by atoms with Crippen LogP contribution >= 0.6 is 0 Å². The number of alkyl halides is 14. The molecule has 0 spiro atoms. The molecule has 14 heteroatoms. The minimum atomic E-state index is -7.41. The average molecular weight is 402 g/mol. The van der Waals surface area contributed by atoms with Gasteiger partial charge in [-0.1, -0.05) is 0 Å². The molecule has 4 bridgehead atoms. The number of rotatable bonds is 0. The first-order valence-electron chi connectivity index (χ1n) is 6.26. The maximum atomic E-state index is 14.2. The summed E-state index contributed by atoms with van der Waals surface area (Å²) >= 11 is 0. The summed E-state index contributed by atoms with van der Waals surface area (Å²) in [6, 6.07) is 0. The molecule has 0 heterocycles. The lowest BCUT2D eigenvalue weighted by atomic mass is 9.38. The van der Waals surface area contributed by atoms with Crippen molar-refractivity contribution in [1.29, 1.82) is 0 Å². The van der Waals surface area contributed by atoms with Crippen molar-refractivity contribution in [3.63, 3.8) is 0 Å². The van der Waals surface area contributed by atoms with Crippen LogP contribution in [0.15, 0.2) is 0 Å². The summed E-state index contributed by atoms with van der Waals surface area (Å²) in [4.78, 5) is 0. The maximum Gasteiger partial charge on any atom is 0.338 e. The van der Waals surface area contributed by atoms with E-state index in [4.69, 9.17) is 0 Å². The van der Waals surface area contributed by atoms with Crippen LogP contribution in [0.5, 0.6) is 0 Å². The van der Waals surface area contributed by atoms with E-state index in [1.54, 1.807) is 0 Å². The van der Waals surface area contributed by atoms with Gasteiger partial charge in [0.1, 0.15) is 0 Å². The van der Waals surface area contributed by atoms with Gasteiger partial charge in [0.2, 0.25) is 0 Å². The highest BCUT2D eigenvalue weighted by atomic mass is 19.3. The molecule has 2 unspecified atom stereocenters. The van der Waals surface area contributed by atoms with Crippen molar-refractivity contribution in [2.24, 2.45) is 11.3 Å². The van der Waals surface area contributed by atoms with E-state index in [9.17, 15) is 61.5 Å². The Bertz CT molecular complexity index is 551. The lowest BCUT2D eigenvalue weighted by Gasteiger charge is -2.73. The quantitative estimate of drug-likeness (QED) is 0.507. The van der Waals surface area contributed by atoms with Gasteiger partial charge >= 0.3 is 41.0 Å². The van der Waals surface area contributed by atoms with E-state index in [2.05, 4.69) is 0 Å². The largest absolute Gasteiger partial charge is 0.338 e. The van der Waals surface area contributed by atoms with E-state index in [0.29, 0.717) is 0 Å². The van der Waals surface area contributed by atoms with Crippen LogP contribution in [-0.4, -0.2) is 46.9 Å². The van der Waals surface area contributed by atoms with Crippen molar-refractivity contribution in [2.45, 2.75) is 53.8 Å². The van der Waals surface area contributed by atoms with Gasteiger partial charge in [0.25, 0.3) is 5.92 Å². The van der Waals surface area contributed by atoms with E-state index >= 15 is 0 Å². The summed E-state index contributed by atoms with van der Waals surface area (Å²) in [5.41, 5.74) is -20.0. The molecule has 0 N–H and O–H groups in total. The zero-order valence-electron chi connectivity index (χ0n) is 11.4. The van der Waals surface area contributed by atoms with Gasteiger partial charge in [-0.05, 0) is 6.92 Å². The van der Waals surface area contributed by atoms with E-state index in [-0.39, 0.29) is 0 Å². The fraction of sp³-hybridized carbons (Fsp3) is 1.00. The third-order valence-corrected chi connectivity index (χ3v) is 5.66. The van der Waals surface area contributed by atoms with Gasteiger partial charge in [-0.15, -0.1) is 0 Å².